The van der Waals surface area contributed by atoms with Gasteiger partial charge in [0, 0.05) is 22.5 Å². The number of hydrogen-bond acceptors (Lipinski definition) is 6. The summed E-state index contributed by atoms with van der Waals surface area (Å²) in [6, 6.07) is 21.7. The predicted molar refractivity (Wildman–Crippen MR) is 117 cm³/mol. The Balaban J connectivity index is 1.70. The minimum atomic E-state index is -0.363. The highest BCUT2D eigenvalue weighted by molar-refractivity contribution is 6.01. The largest absolute Gasteiger partial charge is 0.494 e. The fraction of sp³-hybridized carbons (Fsp3) is 0. The first-order valence-corrected chi connectivity index (χ1v) is 9.52. The van der Waals surface area contributed by atoms with Crippen LogP contribution in [0.5, 0.6) is 5.88 Å². The molecule has 0 saturated heterocycles. The van der Waals surface area contributed by atoms with Crippen molar-refractivity contribution in [1.82, 2.24) is 24.4 Å². The highest BCUT2D eigenvalue weighted by Gasteiger charge is 2.17. The molecular weight excluding hydrogens is 392 g/mol. The summed E-state index contributed by atoms with van der Waals surface area (Å²) in [5, 5.41) is 24.6. The molecule has 0 saturated carbocycles. The lowest BCUT2D eigenvalue weighted by Gasteiger charge is -2.12. The van der Waals surface area contributed by atoms with E-state index in [1.54, 1.807) is 48.7 Å². The molecule has 8 heteroatoms. The molecule has 0 unspecified atom stereocenters. The van der Waals surface area contributed by atoms with E-state index < -0.39 is 0 Å². The smallest absolute Gasteiger partial charge is 0.267 e. The first-order chi connectivity index (χ1) is 15.2. The lowest BCUT2D eigenvalue weighted by molar-refractivity contribution is 0.435. The van der Waals surface area contributed by atoms with Crippen molar-refractivity contribution >= 4 is 17.0 Å². The van der Waals surface area contributed by atoms with Crippen LogP contribution in [0.1, 0.15) is 5.56 Å². The van der Waals surface area contributed by atoms with Gasteiger partial charge in [-0.05, 0) is 18.2 Å². The van der Waals surface area contributed by atoms with Gasteiger partial charge in [-0.2, -0.15) is 9.78 Å². The van der Waals surface area contributed by atoms with Gasteiger partial charge in [-0.1, -0.05) is 54.6 Å². The van der Waals surface area contributed by atoms with Gasteiger partial charge >= 0.3 is 0 Å². The summed E-state index contributed by atoms with van der Waals surface area (Å²) in [6.45, 7) is 0. The molecule has 1 N–H and O–H groups in total. The van der Waals surface area contributed by atoms with Crippen molar-refractivity contribution in [1.29, 1.82) is 0 Å². The van der Waals surface area contributed by atoms with E-state index in [1.807, 2.05) is 30.3 Å². The maximum absolute atomic E-state index is 13.1. The van der Waals surface area contributed by atoms with Crippen LogP contribution in [0.2, 0.25) is 0 Å². The summed E-state index contributed by atoms with van der Waals surface area (Å²) in [6.07, 6.45) is 4.53. The summed E-state index contributed by atoms with van der Waals surface area (Å²) >= 11 is 0. The Morgan fingerprint density at radius 1 is 0.903 bits per heavy atom. The lowest BCUT2D eigenvalue weighted by Crippen LogP contribution is -2.21. The number of benzene rings is 2. The molecule has 0 radical (unpaired) electrons. The van der Waals surface area contributed by atoms with Crippen LogP contribution < -0.4 is 5.56 Å². The topological polar surface area (TPSA) is 98.2 Å². The standard InChI is InChI=1S/C23H16N6O2/c30-22-18-11-5-4-10-17(18)19(23(31)29(22)20-12-6-7-13-24-20)14-26-28-15-25-27-21(28)16-8-2-1-3-9-16/h1-15,31H/b26-14+. The molecule has 0 spiro atoms. The van der Waals surface area contributed by atoms with Crippen LogP contribution in [-0.4, -0.2) is 35.7 Å². The third kappa shape index (κ3) is 3.25. The van der Waals surface area contributed by atoms with Gasteiger partial charge in [-0.15, -0.1) is 10.2 Å². The SMILES string of the molecule is O=c1c2ccccc2c(/C=N/n2cnnc2-c2ccccc2)c(O)n1-c1ccccn1. The first kappa shape index (κ1) is 18.4. The molecular formula is C23H16N6O2. The third-order valence-electron chi connectivity index (χ3n) is 4.86. The summed E-state index contributed by atoms with van der Waals surface area (Å²) in [7, 11) is 0. The molecule has 0 aliphatic carbocycles. The van der Waals surface area contributed by atoms with E-state index in [2.05, 4.69) is 20.3 Å². The molecule has 2 aromatic carbocycles. The van der Waals surface area contributed by atoms with Gasteiger partial charge in [0.05, 0.1) is 11.8 Å². The highest BCUT2D eigenvalue weighted by atomic mass is 16.3. The minimum Gasteiger partial charge on any atom is -0.494 e. The molecule has 0 amide bonds. The van der Waals surface area contributed by atoms with Gasteiger partial charge in [0.25, 0.3) is 5.56 Å². The van der Waals surface area contributed by atoms with Crippen LogP contribution >= 0.6 is 0 Å². The van der Waals surface area contributed by atoms with Crippen molar-refractivity contribution in [3.05, 3.63) is 101 Å². The molecule has 0 bridgehead atoms. The van der Waals surface area contributed by atoms with E-state index in [9.17, 15) is 9.90 Å². The van der Waals surface area contributed by atoms with E-state index >= 15 is 0 Å². The molecule has 3 heterocycles. The Labute approximate surface area is 176 Å². The van der Waals surface area contributed by atoms with Crippen molar-refractivity contribution < 1.29 is 5.11 Å². The van der Waals surface area contributed by atoms with Gasteiger partial charge in [0.2, 0.25) is 5.88 Å². The number of aromatic nitrogens is 5. The molecule has 5 rings (SSSR count). The van der Waals surface area contributed by atoms with Gasteiger partial charge in [0.15, 0.2) is 5.82 Å². The van der Waals surface area contributed by atoms with Gasteiger partial charge in [-0.3, -0.25) is 4.79 Å². The molecule has 0 aliphatic heterocycles. The first-order valence-electron chi connectivity index (χ1n) is 9.52. The van der Waals surface area contributed by atoms with E-state index in [4.69, 9.17) is 0 Å². The summed E-state index contributed by atoms with van der Waals surface area (Å²) in [5.41, 5.74) is 0.872. The van der Waals surface area contributed by atoms with Gasteiger partial charge in [0.1, 0.15) is 12.1 Å². The monoisotopic (exact) mass is 408 g/mol. The van der Waals surface area contributed by atoms with Gasteiger partial charge in [-0.25, -0.2) is 9.55 Å². The van der Waals surface area contributed by atoms with E-state index in [-0.39, 0.29) is 11.4 Å². The van der Waals surface area contributed by atoms with Crippen molar-refractivity contribution in [3.63, 3.8) is 0 Å². The van der Waals surface area contributed by atoms with Crippen molar-refractivity contribution in [2.75, 3.05) is 0 Å². The average molecular weight is 408 g/mol. The van der Waals surface area contributed by atoms with Crippen molar-refractivity contribution in [2.24, 2.45) is 5.10 Å². The zero-order chi connectivity index (χ0) is 21.2. The maximum Gasteiger partial charge on any atom is 0.267 e. The Hall–Kier alpha value is -4.59. The minimum absolute atomic E-state index is 0.250. The number of pyridine rings is 2. The number of nitrogens with zero attached hydrogens (tertiary/aromatic N) is 6. The van der Waals surface area contributed by atoms with Gasteiger partial charge < -0.3 is 5.11 Å². The van der Waals surface area contributed by atoms with Crippen molar-refractivity contribution in [2.45, 2.75) is 0 Å². The number of rotatable bonds is 4. The number of aromatic hydroxyl groups is 1. The van der Waals surface area contributed by atoms with Crippen LogP contribution in [0.3, 0.4) is 0 Å². The lowest BCUT2D eigenvalue weighted by atomic mass is 10.1. The molecule has 0 aliphatic rings. The second-order valence-corrected chi connectivity index (χ2v) is 6.72. The molecule has 150 valence electrons. The highest BCUT2D eigenvalue weighted by Crippen LogP contribution is 2.25. The fourth-order valence-electron chi connectivity index (χ4n) is 3.40. The maximum atomic E-state index is 13.1. The van der Waals surface area contributed by atoms with E-state index in [0.717, 1.165) is 5.56 Å². The fourth-order valence-corrected chi connectivity index (χ4v) is 3.40. The third-order valence-corrected chi connectivity index (χ3v) is 4.86. The zero-order valence-electron chi connectivity index (χ0n) is 16.2. The Kier molecular flexibility index (Phi) is 4.57. The Morgan fingerprint density at radius 2 is 1.65 bits per heavy atom. The van der Waals surface area contributed by atoms with Crippen LogP contribution in [0.25, 0.3) is 28.0 Å². The summed E-state index contributed by atoms with van der Waals surface area (Å²) in [4.78, 5) is 17.3. The summed E-state index contributed by atoms with van der Waals surface area (Å²) in [5.74, 6) is 0.624. The molecule has 0 fully saturated rings. The van der Waals surface area contributed by atoms with Crippen LogP contribution in [0, 0.1) is 0 Å². The second kappa shape index (κ2) is 7.68. The zero-order valence-corrected chi connectivity index (χ0v) is 16.2. The molecule has 3 aromatic heterocycles. The molecule has 0 atom stereocenters. The van der Waals surface area contributed by atoms with Crippen molar-refractivity contribution in [3.8, 4) is 23.1 Å². The predicted octanol–water partition coefficient (Wildman–Crippen LogP) is 3.23. The quantitative estimate of drug-likeness (QED) is 0.461. The summed E-state index contributed by atoms with van der Waals surface area (Å²) < 4.78 is 2.69. The Morgan fingerprint density at radius 3 is 2.42 bits per heavy atom. The van der Waals surface area contributed by atoms with Crippen LogP contribution in [0.15, 0.2) is 95.2 Å². The number of fused-ring (bicyclic) bond motifs is 1. The molecule has 5 aromatic rings. The number of hydrogen-bond donors (Lipinski definition) is 1. The van der Waals surface area contributed by atoms with E-state index in [1.165, 1.54) is 21.8 Å². The molecule has 8 nitrogen and oxygen atoms in total. The normalized spacial score (nSPS) is 11.4. The Bertz CT molecular complexity index is 1460. The van der Waals surface area contributed by atoms with Crippen LogP contribution in [-0.2, 0) is 0 Å². The van der Waals surface area contributed by atoms with E-state index in [0.29, 0.717) is 28.0 Å². The molecule has 31 heavy (non-hydrogen) atoms. The second-order valence-electron chi connectivity index (χ2n) is 6.72. The van der Waals surface area contributed by atoms with Crippen LogP contribution in [0.4, 0.5) is 0 Å². The average Bonchev–Trinajstić information content (AvgIpc) is 3.29.